The number of ether oxygens (including phenoxy) is 2. The quantitative estimate of drug-likeness (QED) is 0.441. The highest BCUT2D eigenvalue weighted by Crippen LogP contribution is 2.41. The molecule has 14 nitrogen and oxygen atoms in total. The van der Waals surface area contributed by atoms with E-state index >= 15 is 0 Å². The summed E-state index contributed by atoms with van der Waals surface area (Å²) in [7, 11) is 0. The van der Waals surface area contributed by atoms with Crippen LogP contribution >= 0.6 is 0 Å². The van der Waals surface area contributed by atoms with Crippen molar-refractivity contribution in [1.82, 2.24) is 46.7 Å². The molecule has 1 saturated heterocycles. The zero-order valence-corrected chi connectivity index (χ0v) is 23.2. The largest absolute Gasteiger partial charge is 0.444 e. The molecule has 16 heteroatoms. The smallest absolute Gasteiger partial charge is 0.408 e. The van der Waals surface area contributed by atoms with Gasteiger partial charge in [-0.25, -0.2) is 32.7 Å². The van der Waals surface area contributed by atoms with Crippen LogP contribution in [0.1, 0.15) is 86.5 Å². The molecule has 5 rings (SSSR count). The number of amides is 2. The van der Waals surface area contributed by atoms with Gasteiger partial charge in [-0.2, -0.15) is 5.10 Å². The van der Waals surface area contributed by atoms with Gasteiger partial charge in [-0.3, -0.25) is 4.79 Å². The van der Waals surface area contributed by atoms with Gasteiger partial charge in [0, 0.05) is 32.0 Å². The maximum absolute atomic E-state index is 14.0. The Morgan fingerprint density at radius 2 is 1.90 bits per heavy atom. The van der Waals surface area contributed by atoms with Crippen LogP contribution in [0.2, 0.25) is 0 Å². The number of fused-ring (bicyclic) bond motifs is 1. The number of rotatable bonds is 6. The van der Waals surface area contributed by atoms with Crippen LogP contribution in [0, 0.1) is 12.8 Å². The number of imidazole rings is 1. The second kappa shape index (κ2) is 11.2. The minimum absolute atomic E-state index is 0. The van der Waals surface area contributed by atoms with E-state index in [1.54, 1.807) is 33.9 Å². The van der Waals surface area contributed by atoms with Crippen LogP contribution in [0.5, 0.6) is 0 Å². The number of alkyl carbamates (subject to hydrolysis) is 1. The molecule has 1 saturated carbocycles. The van der Waals surface area contributed by atoms with Crippen molar-refractivity contribution >= 4 is 17.8 Å². The van der Waals surface area contributed by atoms with Crippen molar-refractivity contribution < 1.29 is 32.5 Å². The lowest BCUT2D eigenvalue weighted by atomic mass is 9.81. The van der Waals surface area contributed by atoms with E-state index in [-0.39, 0.29) is 55.8 Å². The number of alkyl halides is 2. The molecular weight excluding hydrogens is 544 g/mol. The van der Waals surface area contributed by atoms with Crippen molar-refractivity contribution in [3.63, 3.8) is 0 Å². The number of hydrogen-bond donors (Lipinski definition) is 2. The summed E-state index contributed by atoms with van der Waals surface area (Å²) in [4.78, 5) is 34.9. The first kappa shape index (κ1) is 30.2. The normalized spacial score (nSPS) is 21.7. The molecule has 221 valence electrons. The molecule has 0 bridgehead atoms. The molecule has 3 aromatic rings. The Labute approximate surface area is 234 Å². The number of hydrogen-bond acceptors (Lipinski definition) is 10. The zero-order chi connectivity index (χ0) is 28.7. The Balaban J connectivity index is 0.00000387. The third-order valence-corrected chi connectivity index (χ3v) is 7.17. The zero-order valence-electron chi connectivity index (χ0n) is 23.2. The summed E-state index contributed by atoms with van der Waals surface area (Å²) in [5.74, 6) is -3.39. The Kier molecular flexibility index (Phi) is 8.27. The summed E-state index contributed by atoms with van der Waals surface area (Å²) < 4.78 is 45.0. The standard InChI is InChI=1S/C25H32F2N8O5.N/c1-14-18(34-40-33-14)20(36)31-19(15-5-7-25(26,27)8-6-15)16-12-35-21(29-16)30-17(11-28-35)24(9-10-38-13-24)32-22(37)39-23(2,3)4;/h11-12,15,19H,5-10,13H2,1-4H3,(H,31,36)(H,32,37);/t19-,24?;/m0./s1. The van der Waals surface area contributed by atoms with E-state index < -0.39 is 35.1 Å². The lowest BCUT2D eigenvalue weighted by Gasteiger charge is -2.33. The fraction of sp³-hybridized carbons (Fsp3) is 0.640. The molecule has 1 aliphatic heterocycles. The van der Waals surface area contributed by atoms with E-state index in [0.717, 1.165) is 0 Å². The van der Waals surface area contributed by atoms with Gasteiger partial charge in [-0.15, -0.1) is 0 Å². The van der Waals surface area contributed by atoms with Gasteiger partial charge in [0.2, 0.25) is 5.92 Å². The van der Waals surface area contributed by atoms with Gasteiger partial charge < -0.3 is 20.1 Å². The van der Waals surface area contributed by atoms with Crippen LogP contribution in [0.15, 0.2) is 17.0 Å². The molecule has 1 unspecified atom stereocenters. The number of aromatic nitrogens is 6. The molecule has 2 amide bonds. The number of carbonyl (C=O) groups is 2. The topological polar surface area (TPSA) is 189 Å². The second-order valence-electron chi connectivity index (χ2n) is 11.4. The predicted molar refractivity (Wildman–Crippen MR) is 136 cm³/mol. The predicted octanol–water partition coefficient (Wildman–Crippen LogP) is 2.77. The molecule has 3 radical (unpaired) electrons. The molecule has 4 heterocycles. The SMILES string of the molecule is Cc1nonc1C(=O)N[C@H](c1cn2ncc(C3(NC(=O)OC(C)(C)C)CCOC3)nc2n1)C1CCC(F)(F)CC1.[N]. The molecular formula is C25H32F2N9O5. The molecule has 0 spiro atoms. The third kappa shape index (κ3) is 6.59. The minimum atomic E-state index is -2.74. The number of nitrogens with one attached hydrogen (secondary N) is 2. The highest BCUT2D eigenvalue weighted by atomic mass is 19.3. The van der Waals surface area contributed by atoms with Crippen molar-refractivity contribution in [3.8, 4) is 0 Å². The molecule has 41 heavy (non-hydrogen) atoms. The second-order valence-corrected chi connectivity index (χ2v) is 11.4. The Bertz CT molecular complexity index is 1390. The van der Waals surface area contributed by atoms with Gasteiger partial charge in [0.05, 0.1) is 36.4 Å². The van der Waals surface area contributed by atoms with E-state index in [4.69, 9.17) is 9.47 Å². The molecule has 1 aliphatic carbocycles. The van der Waals surface area contributed by atoms with Gasteiger partial charge in [0.1, 0.15) is 16.8 Å². The summed E-state index contributed by atoms with van der Waals surface area (Å²) in [6.07, 6.45) is 2.76. The first-order valence-corrected chi connectivity index (χ1v) is 13.1. The maximum atomic E-state index is 14.0. The van der Waals surface area contributed by atoms with Crippen molar-refractivity contribution in [3.05, 3.63) is 35.2 Å². The summed E-state index contributed by atoms with van der Waals surface area (Å²) in [6, 6.07) is -0.713. The van der Waals surface area contributed by atoms with Gasteiger partial charge in [-0.1, -0.05) is 5.16 Å². The lowest BCUT2D eigenvalue weighted by Crippen LogP contribution is -2.49. The van der Waals surface area contributed by atoms with Gasteiger partial charge in [-0.05, 0) is 51.6 Å². The van der Waals surface area contributed by atoms with Crippen LogP contribution in [0.4, 0.5) is 13.6 Å². The van der Waals surface area contributed by atoms with E-state index in [9.17, 15) is 18.4 Å². The highest BCUT2D eigenvalue weighted by molar-refractivity contribution is 5.93. The fourth-order valence-electron chi connectivity index (χ4n) is 5.08. The number of carbonyl (C=O) groups excluding carboxylic acids is 2. The summed E-state index contributed by atoms with van der Waals surface area (Å²) >= 11 is 0. The first-order chi connectivity index (χ1) is 18.8. The highest BCUT2D eigenvalue weighted by Gasteiger charge is 2.42. The molecule has 2 aliphatic rings. The third-order valence-electron chi connectivity index (χ3n) is 7.17. The fourth-order valence-corrected chi connectivity index (χ4v) is 5.08. The van der Waals surface area contributed by atoms with Crippen LogP contribution in [-0.2, 0) is 15.0 Å². The van der Waals surface area contributed by atoms with Crippen molar-refractivity contribution in [2.75, 3.05) is 13.2 Å². The average Bonchev–Trinajstić information content (AvgIpc) is 3.61. The van der Waals surface area contributed by atoms with Crippen molar-refractivity contribution in [2.45, 2.75) is 82.9 Å². The molecule has 2 fully saturated rings. The van der Waals surface area contributed by atoms with Gasteiger partial charge in [0.15, 0.2) is 5.69 Å². The van der Waals surface area contributed by atoms with E-state index in [1.807, 2.05) is 0 Å². The summed E-state index contributed by atoms with van der Waals surface area (Å²) in [5.41, 5.74) is -0.514. The Hall–Kier alpha value is -3.79. The number of halogens is 2. The molecule has 0 aromatic carbocycles. The summed E-state index contributed by atoms with van der Waals surface area (Å²) in [6.45, 7) is 7.46. The van der Waals surface area contributed by atoms with Crippen molar-refractivity contribution in [1.29, 1.82) is 0 Å². The number of nitrogens with zero attached hydrogens (tertiary/aromatic N) is 7. The lowest BCUT2D eigenvalue weighted by molar-refractivity contribution is -0.0495. The molecule has 2 atom stereocenters. The van der Waals surface area contributed by atoms with E-state index in [1.165, 1.54) is 10.7 Å². The monoisotopic (exact) mass is 576 g/mol. The van der Waals surface area contributed by atoms with Crippen LogP contribution in [-0.4, -0.2) is 66.6 Å². The van der Waals surface area contributed by atoms with Gasteiger partial charge >= 0.3 is 6.09 Å². The van der Waals surface area contributed by atoms with E-state index in [2.05, 4.69) is 40.6 Å². The van der Waals surface area contributed by atoms with Crippen LogP contribution in [0.3, 0.4) is 0 Å². The van der Waals surface area contributed by atoms with Crippen LogP contribution < -0.4 is 16.8 Å². The van der Waals surface area contributed by atoms with Gasteiger partial charge in [0.25, 0.3) is 11.7 Å². The average molecular weight is 577 g/mol. The molecule has 3 aromatic heterocycles. The van der Waals surface area contributed by atoms with Crippen LogP contribution in [0.25, 0.3) is 5.78 Å². The van der Waals surface area contributed by atoms with Crippen molar-refractivity contribution in [2.24, 2.45) is 5.92 Å². The maximum Gasteiger partial charge on any atom is 0.408 e. The Morgan fingerprint density at radius 1 is 1.17 bits per heavy atom. The first-order valence-electron chi connectivity index (χ1n) is 13.1. The minimum Gasteiger partial charge on any atom is -0.444 e. The van der Waals surface area contributed by atoms with E-state index in [0.29, 0.717) is 30.1 Å². The summed E-state index contributed by atoms with van der Waals surface area (Å²) in [5, 5.41) is 17.5. The molecule has 2 N–H and O–H groups in total. The number of aryl methyl sites for hydroxylation is 1. The Morgan fingerprint density at radius 3 is 2.51 bits per heavy atom.